The summed E-state index contributed by atoms with van der Waals surface area (Å²) in [5.41, 5.74) is 19.3. The second-order valence-electron chi connectivity index (χ2n) is 16.1. The molecule has 2 heterocycles. The standard InChI is InChI=1S/C56H38N2O/c1-33-31-48-42-18-9-8-17-41(42)43-20-12-21-45(51(43)48)50(33)47-30-29-46(52-44-19-10-11-22-49(44)59-55(47)52)54-34(2)53(38-26-23-37(24-27-38)35-13-4-3-5-14-35)57-56(58-54)40-28-25-36-15-6-7-16-39(36)32-40/h3-33,50H,1-2H3. The van der Waals surface area contributed by atoms with Gasteiger partial charge < -0.3 is 4.42 Å². The van der Waals surface area contributed by atoms with E-state index in [-0.39, 0.29) is 11.8 Å². The predicted molar refractivity (Wildman–Crippen MR) is 243 cm³/mol. The molecule has 10 aromatic rings. The van der Waals surface area contributed by atoms with Crippen LogP contribution in [-0.4, -0.2) is 9.97 Å². The van der Waals surface area contributed by atoms with Crippen LogP contribution in [0.25, 0.3) is 94.4 Å². The van der Waals surface area contributed by atoms with Crippen molar-refractivity contribution in [1.29, 1.82) is 0 Å². The fourth-order valence-corrected chi connectivity index (χ4v) is 9.97. The molecule has 0 amide bonds. The molecule has 2 atom stereocenters. The van der Waals surface area contributed by atoms with Gasteiger partial charge in [0.05, 0.1) is 11.4 Å². The molecule has 59 heavy (non-hydrogen) atoms. The highest BCUT2D eigenvalue weighted by molar-refractivity contribution is 6.14. The number of allylic oxidation sites excluding steroid dienone is 1. The Morgan fingerprint density at radius 3 is 2.03 bits per heavy atom. The Kier molecular flexibility index (Phi) is 7.49. The van der Waals surface area contributed by atoms with Gasteiger partial charge in [-0.3, -0.25) is 0 Å². The maximum absolute atomic E-state index is 7.01. The first kappa shape index (κ1) is 33.7. The highest BCUT2D eigenvalue weighted by Crippen LogP contribution is 2.55. The van der Waals surface area contributed by atoms with Crippen LogP contribution in [-0.2, 0) is 0 Å². The number of rotatable bonds is 5. The molecule has 0 bridgehead atoms. The number of aromatic nitrogens is 2. The van der Waals surface area contributed by atoms with Crippen molar-refractivity contribution in [3.63, 3.8) is 0 Å². The SMILES string of the molecule is Cc1c(-c2ccc(-c3ccccc3)cc2)nc(-c2ccc3ccccc3c2)nc1-c1ccc(C2c3cccc4c3C(=CC2C)c2ccccc2-4)c2oc3ccccc3c12. The molecule has 0 N–H and O–H groups in total. The van der Waals surface area contributed by atoms with Crippen LogP contribution in [0.15, 0.2) is 186 Å². The van der Waals surface area contributed by atoms with Crippen LogP contribution in [0.2, 0.25) is 0 Å². The average molecular weight is 755 g/mol. The average Bonchev–Trinajstić information content (AvgIpc) is 3.84. The molecule has 0 saturated carbocycles. The summed E-state index contributed by atoms with van der Waals surface area (Å²) >= 11 is 0. The second-order valence-corrected chi connectivity index (χ2v) is 16.1. The molecule has 278 valence electrons. The first-order valence-electron chi connectivity index (χ1n) is 20.5. The molecule has 3 heteroatoms. The van der Waals surface area contributed by atoms with E-state index in [4.69, 9.17) is 14.4 Å². The predicted octanol–water partition coefficient (Wildman–Crippen LogP) is 14.7. The lowest BCUT2D eigenvalue weighted by Gasteiger charge is -2.30. The molecule has 0 aliphatic heterocycles. The third kappa shape index (κ3) is 5.21. The highest BCUT2D eigenvalue weighted by Gasteiger charge is 2.37. The van der Waals surface area contributed by atoms with Crippen LogP contribution < -0.4 is 0 Å². The number of nitrogens with zero attached hydrogens (tertiary/aromatic N) is 2. The van der Waals surface area contributed by atoms with Gasteiger partial charge in [-0.1, -0.05) is 177 Å². The van der Waals surface area contributed by atoms with Gasteiger partial charge in [-0.2, -0.15) is 0 Å². The number of para-hydroxylation sites is 1. The fourth-order valence-electron chi connectivity index (χ4n) is 9.97. The van der Waals surface area contributed by atoms with E-state index in [0.717, 1.165) is 61.0 Å². The van der Waals surface area contributed by atoms with E-state index in [0.29, 0.717) is 5.82 Å². The van der Waals surface area contributed by atoms with Crippen LogP contribution in [0, 0.1) is 12.8 Å². The van der Waals surface area contributed by atoms with E-state index in [9.17, 15) is 0 Å². The smallest absolute Gasteiger partial charge is 0.160 e. The molecule has 12 rings (SSSR count). The lowest BCUT2D eigenvalue weighted by Crippen LogP contribution is -2.16. The van der Waals surface area contributed by atoms with Crippen LogP contribution in [0.4, 0.5) is 0 Å². The summed E-state index contributed by atoms with van der Waals surface area (Å²) in [5, 5.41) is 4.53. The molecule has 0 radical (unpaired) electrons. The normalized spacial score (nSPS) is 15.4. The third-order valence-electron chi connectivity index (χ3n) is 12.7. The van der Waals surface area contributed by atoms with Crippen molar-refractivity contribution in [2.24, 2.45) is 5.92 Å². The van der Waals surface area contributed by atoms with Gasteiger partial charge in [-0.05, 0) is 80.3 Å². The van der Waals surface area contributed by atoms with Crippen molar-refractivity contribution in [1.82, 2.24) is 9.97 Å². The molecule has 2 unspecified atom stereocenters. The Hall–Kier alpha value is -7.36. The van der Waals surface area contributed by atoms with E-state index in [1.807, 2.05) is 0 Å². The molecular weight excluding hydrogens is 717 g/mol. The summed E-state index contributed by atoms with van der Waals surface area (Å²) in [4.78, 5) is 10.9. The van der Waals surface area contributed by atoms with Crippen molar-refractivity contribution in [2.75, 3.05) is 0 Å². The van der Waals surface area contributed by atoms with Crippen LogP contribution in [0.3, 0.4) is 0 Å². The highest BCUT2D eigenvalue weighted by atomic mass is 16.3. The Labute approximate surface area is 343 Å². The molecule has 2 aliphatic carbocycles. The summed E-state index contributed by atoms with van der Waals surface area (Å²) in [7, 11) is 0. The topological polar surface area (TPSA) is 38.9 Å². The minimum absolute atomic E-state index is 0.110. The number of hydrogen-bond donors (Lipinski definition) is 0. The minimum atomic E-state index is 0.110. The van der Waals surface area contributed by atoms with E-state index in [1.54, 1.807) is 0 Å². The van der Waals surface area contributed by atoms with Crippen molar-refractivity contribution in [3.05, 3.63) is 210 Å². The van der Waals surface area contributed by atoms with Gasteiger partial charge in [0, 0.05) is 44.5 Å². The zero-order valence-corrected chi connectivity index (χ0v) is 32.8. The van der Waals surface area contributed by atoms with Gasteiger partial charge in [0.2, 0.25) is 0 Å². The largest absolute Gasteiger partial charge is 0.456 e. The van der Waals surface area contributed by atoms with Gasteiger partial charge in [-0.15, -0.1) is 0 Å². The molecule has 2 aliphatic rings. The maximum Gasteiger partial charge on any atom is 0.160 e. The van der Waals surface area contributed by atoms with Crippen molar-refractivity contribution >= 4 is 38.3 Å². The first-order chi connectivity index (χ1) is 29.1. The van der Waals surface area contributed by atoms with Gasteiger partial charge in [0.1, 0.15) is 11.2 Å². The first-order valence-corrected chi connectivity index (χ1v) is 20.5. The van der Waals surface area contributed by atoms with Crippen molar-refractivity contribution in [3.8, 4) is 56.2 Å². The molecule has 0 spiro atoms. The zero-order valence-electron chi connectivity index (χ0n) is 32.8. The molecule has 8 aromatic carbocycles. The summed E-state index contributed by atoms with van der Waals surface area (Å²) in [6.45, 7) is 4.53. The molecule has 0 fully saturated rings. The zero-order chi connectivity index (χ0) is 39.2. The number of benzene rings is 8. The van der Waals surface area contributed by atoms with Gasteiger partial charge in [0.15, 0.2) is 5.82 Å². The molecule has 2 aromatic heterocycles. The van der Waals surface area contributed by atoms with Crippen LogP contribution in [0.1, 0.15) is 40.7 Å². The lowest BCUT2D eigenvalue weighted by molar-refractivity contribution is 0.599. The third-order valence-corrected chi connectivity index (χ3v) is 12.7. The summed E-state index contributed by atoms with van der Waals surface area (Å²) in [5.74, 6) is 1.05. The fraction of sp³-hybridized carbons (Fsp3) is 0.0714. The number of furan rings is 1. The Morgan fingerprint density at radius 1 is 0.492 bits per heavy atom. The van der Waals surface area contributed by atoms with Crippen molar-refractivity contribution in [2.45, 2.75) is 19.8 Å². The van der Waals surface area contributed by atoms with Gasteiger partial charge >= 0.3 is 0 Å². The molecule has 0 saturated heterocycles. The van der Waals surface area contributed by atoms with Crippen LogP contribution >= 0.6 is 0 Å². The number of hydrogen-bond acceptors (Lipinski definition) is 3. The van der Waals surface area contributed by atoms with Gasteiger partial charge in [0.25, 0.3) is 0 Å². The molecule has 3 nitrogen and oxygen atoms in total. The second kappa shape index (κ2) is 13.1. The summed E-state index contributed by atoms with van der Waals surface area (Å²) < 4.78 is 7.01. The number of fused-ring (bicyclic) bond motifs is 7. The summed E-state index contributed by atoms with van der Waals surface area (Å²) in [6.07, 6.45) is 2.49. The molecular formula is C56H38N2O. The Balaban J connectivity index is 1.08. The Bertz CT molecular complexity index is 3350. The van der Waals surface area contributed by atoms with Crippen molar-refractivity contribution < 1.29 is 4.42 Å². The van der Waals surface area contributed by atoms with E-state index >= 15 is 0 Å². The van der Waals surface area contributed by atoms with E-state index in [1.165, 1.54) is 55.5 Å². The maximum atomic E-state index is 7.01. The quantitative estimate of drug-likeness (QED) is 0.176. The van der Waals surface area contributed by atoms with Gasteiger partial charge in [-0.25, -0.2) is 9.97 Å². The minimum Gasteiger partial charge on any atom is -0.456 e. The lowest BCUT2D eigenvalue weighted by atomic mass is 9.73. The van der Waals surface area contributed by atoms with E-state index in [2.05, 4.69) is 196 Å². The van der Waals surface area contributed by atoms with E-state index < -0.39 is 0 Å². The monoisotopic (exact) mass is 754 g/mol. The summed E-state index contributed by atoms with van der Waals surface area (Å²) in [6, 6.07) is 63.1. The van der Waals surface area contributed by atoms with Crippen LogP contribution in [0.5, 0.6) is 0 Å². The Morgan fingerprint density at radius 2 is 1.17 bits per heavy atom.